The zero-order valence-corrected chi connectivity index (χ0v) is 15.1. The van der Waals surface area contributed by atoms with Gasteiger partial charge in [0.1, 0.15) is 5.82 Å². The Kier molecular flexibility index (Phi) is 5.08. The van der Waals surface area contributed by atoms with Gasteiger partial charge in [-0.1, -0.05) is 0 Å². The monoisotopic (exact) mass is 442 g/mol. The van der Waals surface area contributed by atoms with Gasteiger partial charge < -0.3 is 10.1 Å². The smallest absolute Gasteiger partial charge is 0.434 e. The van der Waals surface area contributed by atoms with Crippen LogP contribution >= 0.6 is 15.9 Å². The van der Waals surface area contributed by atoms with Crippen molar-refractivity contribution in [3.63, 3.8) is 0 Å². The summed E-state index contributed by atoms with van der Waals surface area (Å²) in [6.07, 6.45) is -2.66. The van der Waals surface area contributed by atoms with E-state index in [0.29, 0.717) is 9.15 Å². The average molecular weight is 443 g/mol. The number of alkyl halides is 3. The summed E-state index contributed by atoms with van der Waals surface area (Å²) in [5, 5.41) is 13.2. The fourth-order valence-corrected chi connectivity index (χ4v) is 2.36. The third kappa shape index (κ3) is 4.05. The molecule has 0 fully saturated rings. The highest BCUT2D eigenvalue weighted by Gasteiger charge is 2.41. The molecule has 12 heteroatoms. The summed E-state index contributed by atoms with van der Waals surface area (Å²) in [4.78, 5) is 16.2. The number of amides is 1. The summed E-state index contributed by atoms with van der Waals surface area (Å²) in [7, 11) is 1.34. The van der Waals surface area contributed by atoms with Gasteiger partial charge in [0.15, 0.2) is 11.5 Å². The maximum atomic E-state index is 13.6. The molecule has 3 heterocycles. The Morgan fingerprint density at radius 3 is 2.52 bits per heavy atom. The van der Waals surface area contributed by atoms with E-state index in [4.69, 9.17) is 4.74 Å². The molecule has 8 nitrogen and oxygen atoms in total. The molecule has 3 aromatic heterocycles. The molecule has 0 aromatic carbocycles. The van der Waals surface area contributed by atoms with Crippen LogP contribution in [0.2, 0.25) is 0 Å². The van der Waals surface area contributed by atoms with Crippen LogP contribution in [-0.4, -0.2) is 38.0 Å². The second kappa shape index (κ2) is 7.31. The highest BCUT2D eigenvalue weighted by Crippen LogP contribution is 2.33. The molecule has 0 aliphatic rings. The number of ether oxygens (including phenoxy) is 1. The number of rotatable bonds is 4. The summed E-state index contributed by atoms with van der Waals surface area (Å²) in [6.45, 7) is 0. The Labute approximate surface area is 158 Å². The Hall–Kier alpha value is -3.02. The fourth-order valence-electron chi connectivity index (χ4n) is 2.13. The SMILES string of the molecule is COc1ccc(-n2ncc(C(=O)Nc3ccc(Br)cn3)c2C(F)(F)F)nn1. The number of methoxy groups -OCH3 is 1. The maximum absolute atomic E-state index is 13.6. The third-order valence-electron chi connectivity index (χ3n) is 3.30. The number of hydrogen-bond acceptors (Lipinski definition) is 6. The van der Waals surface area contributed by atoms with Crippen molar-refractivity contribution in [3.8, 4) is 11.7 Å². The lowest BCUT2D eigenvalue weighted by molar-refractivity contribution is -0.143. The molecule has 1 N–H and O–H groups in total. The highest BCUT2D eigenvalue weighted by atomic mass is 79.9. The molecule has 27 heavy (non-hydrogen) atoms. The summed E-state index contributed by atoms with van der Waals surface area (Å²) >= 11 is 3.17. The summed E-state index contributed by atoms with van der Waals surface area (Å²) in [5.74, 6) is -1.01. The van der Waals surface area contributed by atoms with Crippen LogP contribution in [-0.2, 0) is 6.18 Å². The first-order valence-corrected chi connectivity index (χ1v) is 8.05. The minimum absolute atomic E-state index is 0.0910. The number of nitrogens with zero attached hydrogens (tertiary/aromatic N) is 5. The largest absolute Gasteiger partial charge is 0.480 e. The van der Waals surface area contributed by atoms with Crippen molar-refractivity contribution in [3.05, 3.63) is 52.4 Å². The lowest BCUT2D eigenvalue weighted by Gasteiger charge is -2.12. The van der Waals surface area contributed by atoms with Gasteiger partial charge >= 0.3 is 6.18 Å². The van der Waals surface area contributed by atoms with Crippen LogP contribution in [0, 0.1) is 0 Å². The van der Waals surface area contributed by atoms with Gasteiger partial charge in [-0.25, -0.2) is 9.67 Å². The lowest BCUT2D eigenvalue weighted by Crippen LogP contribution is -2.21. The van der Waals surface area contributed by atoms with E-state index in [0.717, 1.165) is 6.20 Å². The van der Waals surface area contributed by atoms with Gasteiger partial charge in [-0.3, -0.25) is 4.79 Å². The van der Waals surface area contributed by atoms with Crippen LogP contribution in [0.25, 0.3) is 5.82 Å². The van der Waals surface area contributed by atoms with Crippen molar-refractivity contribution in [2.24, 2.45) is 0 Å². The van der Waals surface area contributed by atoms with Crippen molar-refractivity contribution in [1.29, 1.82) is 0 Å². The fraction of sp³-hybridized carbons (Fsp3) is 0.133. The van der Waals surface area contributed by atoms with Gasteiger partial charge in [0.05, 0.1) is 18.9 Å². The van der Waals surface area contributed by atoms with E-state index in [1.165, 1.54) is 31.5 Å². The molecule has 0 saturated carbocycles. The topological polar surface area (TPSA) is 94.8 Å². The van der Waals surface area contributed by atoms with Gasteiger partial charge in [-0.15, -0.1) is 10.2 Å². The van der Waals surface area contributed by atoms with E-state index in [2.05, 4.69) is 41.5 Å². The molecule has 3 aromatic rings. The number of pyridine rings is 1. The quantitative estimate of drug-likeness (QED) is 0.666. The molecule has 0 aliphatic heterocycles. The van der Waals surface area contributed by atoms with E-state index >= 15 is 0 Å². The zero-order valence-electron chi connectivity index (χ0n) is 13.5. The van der Waals surface area contributed by atoms with Gasteiger partial charge in [0.2, 0.25) is 5.88 Å². The lowest BCUT2D eigenvalue weighted by atomic mass is 10.2. The second-order valence-electron chi connectivity index (χ2n) is 5.07. The molecule has 1 amide bonds. The van der Waals surface area contributed by atoms with E-state index in [1.807, 2.05) is 0 Å². The summed E-state index contributed by atoms with van der Waals surface area (Å²) in [6, 6.07) is 5.60. The first kappa shape index (κ1) is 18.8. The predicted molar refractivity (Wildman–Crippen MR) is 90.6 cm³/mol. The van der Waals surface area contributed by atoms with Crippen molar-refractivity contribution < 1.29 is 22.7 Å². The molecule has 140 valence electrons. The number of aromatic nitrogens is 5. The molecule has 3 rings (SSSR count). The standard InChI is InChI=1S/C15H10BrF3N6O2/c1-27-12-5-4-11(23-24-12)25-13(15(17,18)19)9(7-21-25)14(26)22-10-3-2-8(16)6-20-10/h2-7H,1H3,(H,20,22,26). The zero-order chi connectivity index (χ0) is 19.6. The molecule has 0 bridgehead atoms. The van der Waals surface area contributed by atoms with E-state index in [9.17, 15) is 18.0 Å². The van der Waals surface area contributed by atoms with Crippen LogP contribution in [0.15, 0.2) is 41.1 Å². The van der Waals surface area contributed by atoms with Crippen molar-refractivity contribution in [2.75, 3.05) is 12.4 Å². The van der Waals surface area contributed by atoms with Crippen molar-refractivity contribution in [2.45, 2.75) is 6.18 Å². The van der Waals surface area contributed by atoms with E-state index < -0.39 is 23.3 Å². The Morgan fingerprint density at radius 1 is 1.19 bits per heavy atom. The normalized spacial score (nSPS) is 11.3. The highest BCUT2D eigenvalue weighted by molar-refractivity contribution is 9.10. The summed E-state index contributed by atoms with van der Waals surface area (Å²) in [5.41, 5.74) is -1.96. The van der Waals surface area contributed by atoms with Gasteiger partial charge in [-0.05, 0) is 34.1 Å². The molecular weight excluding hydrogens is 433 g/mol. The minimum Gasteiger partial charge on any atom is -0.480 e. The number of anilines is 1. The van der Waals surface area contributed by atoms with E-state index in [1.54, 1.807) is 6.07 Å². The number of carbonyl (C=O) groups excluding carboxylic acids is 1. The first-order chi connectivity index (χ1) is 12.8. The Morgan fingerprint density at radius 2 is 1.96 bits per heavy atom. The van der Waals surface area contributed by atoms with Gasteiger partial charge in [0.25, 0.3) is 5.91 Å². The average Bonchev–Trinajstić information content (AvgIpc) is 3.09. The van der Waals surface area contributed by atoms with Crippen LogP contribution < -0.4 is 10.1 Å². The third-order valence-corrected chi connectivity index (χ3v) is 3.77. The number of halogens is 4. The predicted octanol–water partition coefficient (Wildman–Crippen LogP) is 3.10. The molecule has 0 spiro atoms. The number of carbonyl (C=O) groups is 1. The number of nitrogens with one attached hydrogen (secondary N) is 1. The molecular formula is C15H10BrF3N6O2. The second-order valence-corrected chi connectivity index (χ2v) is 5.98. The Bertz CT molecular complexity index is 957. The number of hydrogen-bond donors (Lipinski definition) is 1. The van der Waals surface area contributed by atoms with Crippen LogP contribution in [0.5, 0.6) is 5.88 Å². The molecule has 0 unspecified atom stereocenters. The van der Waals surface area contributed by atoms with Gasteiger partial charge in [0, 0.05) is 16.7 Å². The van der Waals surface area contributed by atoms with Crippen LogP contribution in [0.1, 0.15) is 16.1 Å². The maximum Gasteiger partial charge on any atom is 0.434 e. The summed E-state index contributed by atoms with van der Waals surface area (Å²) < 4.78 is 46.7. The van der Waals surface area contributed by atoms with Crippen LogP contribution in [0.4, 0.5) is 19.0 Å². The van der Waals surface area contributed by atoms with E-state index in [-0.39, 0.29) is 17.5 Å². The molecule has 0 radical (unpaired) electrons. The van der Waals surface area contributed by atoms with Crippen molar-refractivity contribution >= 4 is 27.7 Å². The molecule has 0 saturated heterocycles. The van der Waals surface area contributed by atoms with Crippen molar-refractivity contribution in [1.82, 2.24) is 25.0 Å². The van der Waals surface area contributed by atoms with Crippen LogP contribution in [0.3, 0.4) is 0 Å². The first-order valence-electron chi connectivity index (χ1n) is 7.26. The Balaban J connectivity index is 1.99. The van der Waals surface area contributed by atoms with Gasteiger partial charge in [-0.2, -0.15) is 18.3 Å². The molecule has 0 atom stereocenters. The minimum atomic E-state index is -4.86. The molecule has 0 aliphatic carbocycles.